The standard InChI is InChI=1S/C20H20FNO3S2/c1-13(18(23)22-12-14-2-8-17(21)9-3-14)25-19(24)15-4-6-16(7-5-15)20-26-10-11-27-20/h2-9,13,20H,10-12H2,1H3,(H,22,23)/t13-/m1/s1. The summed E-state index contributed by atoms with van der Waals surface area (Å²) in [5.74, 6) is 1.03. The zero-order valence-electron chi connectivity index (χ0n) is 14.8. The SMILES string of the molecule is C[C@@H](OC(=O)c1ccc(C2SCCS2)cc1)C(=O)NCc1ccc(F)cc1. The third kappa shape index (κ3) is 5.49. The smallest absolute Gasteiger partial charge is 0.338 e. The van der Waals surface area contributed by atoms with Gasteiger partial charge in [-0.25, -0.2) is 9.18 Å². The van der Waals surface area contributed by atoms with Gasteiger partial charge in [0.15, 0.2) is 6.10 Å². The molecule has 0 saturated carbocycles. The monoisotopic (exact) mass is 405 g/mol. The Morgan fingerprint density at radius 2 is 1.74 bits per heavy atom. The number of hydrogen-bond donors (Lipinski definition) is 1. The number of benzene rings is 2. The molecule has 0 bridgehead atoms. The van der Waals surface area contributed by atoms with E-state index in [2.05, 4.69) is 5.32 Å². The Labute approximate surface area is 166 Å². The minimum atomic E-state index is -0.918. The number of carbonyl (C=O) groups is 2. The van der Waals surface area contributed by atoms with E-state index in [0.717, 1.165) is 17.1 Å². The minimum Gasteiger partial charge on any atom is -0.449 e. The van der Waals surface area contributed by atoms with Crippen LogP contribution in [-0.4, -0.2) is 29.5 Å². The molecule has 1 amide bonds. The molecule has 27 heavy (non-hydrogen) atoms. The van der Waals surface area contributed by atoms with Crippen LogP contribution in [-0.2, 0) is 16.1 Å². The summed E-state index contributed by atoms with van der Waals surface area (Å²) in [7, 11) is 0. The van der Waals surface area contributed by atoms with Crippen LogP contribution in [0.5, 0.6) is 0 Å². The molecular weight excluding hydrogens is 385 g/mol. The molecule has 0 unspecified atom stereocenters. The molecular formula is C20H20FNO3S2. The number of hydrogen-bond acceptors (Lipinski definition) is 5. The van der Waals surface area contributed by atoms with E-state index in [9.17, 15) is 14.0 Å². The third-order valence-electron chi connectivity index (χ3n) is 4.07. The Hall–Kier alpha value is -1.99. The van der Waals surface area contributed by atoms with Gasteiger partial charge in [-0.05, 0) is 42.3 Å². The van der Waals surface area contributed by atoms with E-state index in [1.807, 2.05) is 35.7 Å². The molecule has 1 aliphatic rings. The highest BCUT2D eigenvalue weighted by Crippen LogP contribution is 2.45. The predicted molar refractivity (Wildman–Crippen MR) is 107 cm³/mol. The number of esters is 1. The number of ether oxygens (including phenoxy) is 1. The Kier molecular flexibility index (Phi) is 6.79. The van der Waals surface area contributed by atoms with Crippen molar-refractivity contribution in [3.8, 4) is 0 Å². The summed E-state index contributed by atoms with van der Waals surface area (Å²) >= 11 is 3.80. The molecule has 7 heteroatoms. The lowest BCUT2D eigenvalue weighted by atomic mass is 10.1. The predicted octanol–water partition coefficient (Wildman–Crippen LogP) is 4.17. The van der Waals surface area contributed by atoms with Gasteiger partial charge in [0.25, 0.3) is 5.91 Å². The summed E-state index contributed by atoms with van der Waals surface area (Å²) in [5, 5.41) is 2.68. The van der Waals surface area contributed by atoms with E-state index in [0.29, 0.717) is 10.1 Å². The van der Waals surface area contributed by atoms with Crippen LogP contribution in [0.1, 0.15) is 33.0 Å². The summed E-state index contributed by atoms with van der Waals surface area (Å²) in [6.45, 7) is 1.77. The van der Waals surface area contributed by atoms with Crippen molar-refractivity contribution in [2.75, 3.05) is 11.5 Å². The van der Waals surface area contributed by atoms with E-state index in [4.69, 9.17) is 4.74 Å². The van der Waals surface area contributed by atoms with Gasteiger partial charge in [-0.15, -0.1) is 23.5 Å². The van der Waals surface area contributed by atoms with Gasteiger partial charge in [-0.2, -0.15) is 0 Å². The first-order valence-corrected chi connectivity index (χ1v) is 10.7. The zero-order valence-corrected chi connectivity index (χ0v) is 16.4. The lowest BCUT2D eigenvalue weighted by molar-refractivity contribution is -0.129. The fourth-order valence-electron chi connectivity index (χ4n) is 2.54. The number of halogens is 1. The molecule has 1 atom stereocenters. The van der Waals surface area contributed by atoms with E-state index in [1.165, 1.54) is 24.6 Å². The van der Waals surface area contributed by atoms with Gasteiger partial charge in [0.1, 0.15) is 5.82 Å². The molecule has 2 aromatic rings. The molecule has 0 spiro atoms. The van der Waals surface area contributed by atoms with Crippen LogP contribution in [0.15, 0.2) is 48.5 Å². The molecule has 1 fully saturated rings. The van der Waals surface area contributed by atoms with Crippen LogP contribution in [0.3, 0.4) is 0 Å². The van der Waals surface area contributed by atoms with Crippen LogP contribution in [0, 0.1) is 5.82 Å². The van der Waals surface area contributed by atoms with Gasteiger partial charge < -0.3 is 10.1 Å². The van der Waals surface area contributed by atoms with Gasteiger partial charge in [0, 0.05) is 18.1 Å². The summed E-state index contributed by atoms with van der Waals surface area (Å²) in [6, 6.07) is 13.2. The third-order valence-corrected chi connectivity index (χ3v) is 7.18. The molecule has 1 heterocycles. The zero-order chi connectivity index (χ0) is 19.2. The van der Waals surface area contributed by atoms with Gasteiger partial charge in [0.2, 0.25) is 0 Å². The first-order chi connectivity index (χ1) is 13.0. The second-order valence-electron chi connectivity index (χ2n) is 6.09. The van der Waals surface area contributed by atoms with E-state index in [-0.39, 0.29) is 12.4 Å². The molecule has 0 radical (unpaired) electrons. The average molecular weight is 406 g/mol. The second kappa shape index (κ2) is 9.28. The van der Waals surface area contributed by atoms with Crippen LogP contribution < -0.4 is 5.32 Å². The number of nitrogens with one attached hydrogen (secondary N) is 1. The molecule has 0 aliphatic carbocycles. The fourth-order valence-corrected chi connectivity index (χ4v) is 5.40. The lowest BCUT2D eigenvalue weighted by Gasteiger charge is -2.14. The Balaban J connectivity index is 1.50. The van der Waals surface area contributed by atoms with Crippen molar-refractivity contribution in [2.24, 2.45) is 0 Å². The van der Waals surface area contributed by atoms with Crippen molar-refractivity contribution in [2.45, 2.75) is 24.2 Å². The average Bonchev–Trinajstić information content (AvgIpc) is 3.22. The van der Waals surface area contributed by atoms with Crippen molar-refractivity contribution < 1.29 is 18.7 Å². The largest absolute Gasteiger partial charge is 0.449 e. The second-order valence-corrected chi connectivity index (χ2v) is 8.81. The Bertz CT molecular complexity index is 790. The normalized spacial score (nSPS) is 15.3. The minimum absolute atomic E-state index is 0.242. The number of amides is 1. The highest BCUT2D eigenvalue weighted by molar-refractivity contribution is 8.19. The first kappa shape index (κ1) is 19.8. The molecule has 2 aromatic carbocycles. The Morgan fingerprint density at radius 3 is 2.37 bits per heavy atom. The number of rotatable bonds is 6. The van der Waals surface area contributed by atoms with Gasteiger partial charge in [-0.1, -0.05) is 24.3 Å². The van der Waals surface area contributed by atoms with E-state index in [1.54, 1.807) is 24.3 Å². The summed E-state index contributed by atoms with van der Waals surface area (Å²) in [4.78, 5) is 24.4. The molecule has 142 valence electrons. The number of thioether (sulfide) groups is 2. The highest BCUT2D eigenvalue weighted by Gasteiger charge is 2.21. The van der Waals surface area contributed by atoms with Gasteiger partial charge in [-0.3, -0.25) is 4.79 Å². The van der Waals surface area contributed by atoms with Crippen molar-refractivity contribution in [3.05, 3.63) is 71.0 Å². The van der Waals surface area contributed by atoms with Crippen molar-refractivity contribution in [1.29, 1.82) is 0 Å². The molecule has 1 N–H and O–H groups in total. The summed E-state index contributed by atoms with van der Waals surface area (Å²) in [6.07, 6.45) is -0.918. The lowest BCUT2D eigenvalue weighted by Crippen LogP contribution is -2.35. The van der Waals surface area contributed by atoms with Crippen LogP contribution >= 0.6 is 23.5 Å². The summed E-state index contributed by atoms with van der Waals surface area (Å²) < 4.78 is 18.6. The molecule has 0 aromatic heterocycles. The molecule has 1 aliphatic heterocycles. The van der Waals surface area contributed by atoms with Crippen molar-refractivity contribution in [1.82, 2.24) is 5.32 Å². The quantitative estimate of drug-likeness (QED) is 0.731. The van der Waals surface area contributed by atoms with Crippen LogP contribution in [0.25, 0.3) is 0 Å². The maximum absolute atomic E-state index is 12.9. The van der Waals surface area contributed by atoms with E-state index >= 15 is 0 Å². The van der Waals surface area contributed by atoms with Crippen molar-refractivity contribution in [3.63, 3.8) is 0 Å². The topological polar surface area (TPSA) is 55.4 Å². The first-order valence-electron chi connectivity index (χ1n) is 8.59. The highest BCUT2D eigenvalue weighted by atomic mass is 32.2. The van der Waals surface area contributed by atoms with Gasteiger partial charge in [0.05, 0.1) is 10.1 Å². The van der Waals surface area contributed by atoms with Crippen LogP contribution in [0.2, 0.25) is 0 Å². The van der Waals surface area contributed by atoms with E-state index < -0.39 is 18.0 Å². The molecule has 3 rings (SSSR count). The number of carbonyl (C=O) groups excluding carboxylic acids is 2. The van der Waals surface area contributed by atoms with Crippen molar-refractivity contribution >= 4 is 35.4 Å². The molecule has 4 nitrogen and oxygen atoms in total. The maximum atomic E-state index is 12.9. The van der Waals surface area contributed by atoms with Crippen LogP contribution in [0.4, 0.5) is 4.39 Å². The Morgan fingerprint density at radius 1 is 1.11 bits per heavy atom. The summed E-state index contributed by atoms with van der Waals surface area (Å²) in [5.41, 5.74) is 2.37. The maximum Gasteiger partial charge on any atom is 0.338 e. The molecule has 1 saturated heterocycles. The van der Waals surface area contributed by atoms with Gasteiger partial charge >= 0.3 is 5.97 Å². The fraction of sp³-hybridized carbons (Fsp3) is 0.300.